The molecule has 6 heteroatoms. The average Bonchev–Trinajstić information content (AvgIpc) is 2.92. The van der Waals surface area contributed by atoms with Crippen LogP contribution < -0.4 is 0 Å². The van der Waals surface area contributed by atoms with Crippen LogP contribution in [0.2, 0.25) is 0 Å². The van der Waals surface area contributed by atoms with Gasteiger partial charge in [-0.05, 0) is 20.4 Å². The normalized spacial score (nSPS) is 23.6. The fourth-order valence-corrected chi connectivity index (χ4v) is 2.75. The highest BCUT2D eigenvalue weighted by atomic mass is 16.3. The Morgan fingerprint density at radius 1 is 1.60 bits per heavy atom. The van der Waals surface area contributed by atoms with Crippen molar-refractivity contribution in [3.63, 3.8) is 0 Å². The Balaban J connectivity index is 2.09. The van der Waals surface area contributed by atoms with E-state index in [2.05, 4.69) is 14.9 Å². The summed E-state index contributed by atoms with van der Waals surface area (Å²) in [7, 11) is 2.03. The molecule has 1 aliphatic rings. The molecule has 1 fully saturated rings. The van der Waals surface area contributed by atoms with E-state index in [1.807, 2.05) is 14.0 Å². The minimum Gasteiger partial charge on any atom is -0.380 e. The first-order valence-electron chi connectivity index (χ1n) is 7.17. The maximum Gasteiger partial charge on any atom is 0.254 e. The molecule has 2 rings (SSSR count). The van der Waals surface area contributed by atoms with E-state index in [4.69, 9.17) is 0 Å². The molecule has 0 aliphatic carbocycles. The molecule has 112 valence electrons. The van der Waals surface area contributed by atoms with Crippen LogP contribution in [0.4, 0.5) is 0 Å². The van der Waals surface area contributed by atoms with Crippen molar-refractivity contribution in [3.8, 4) is 0 Å². The van der Waals surface area contributed by atoms with Gasteiger partial charge in [-0.1, -0.05) is 13.3 Å². The van der Waals surface area contributed by atoms with Gasteiger partial charge >= 0.3 is 0 Å². The quantitative estimate of drug-likeness (QED) is 0.855. The molecule has 1 saturated heterocycles. The van der Waals surface area contributed by atoms with Gasteiger partial charge in [0.2, 0.25) is 0 Å². The zero-order valence-electron chi connectivity index (χ0n) is 12.5. The maximum atomic E-state index is 12.5. The molecular weight excluding hydrogens is 256 g/mol. The highest BCUT2D eigenvalue weighted by molar-refractivity contribution is 5.84. The molecule has 0 radical (unpaired) electrons. The SMILES string of the molecule is CCC[C@](C)(O)C(=O)N1CCN(C)[C@@H](c2ncc[nH]2)C1. The second-order valence-electron chi connectivity index (χ2n) is 5.75. The summed E-state index contributed by atoms with van der Waals surface area (Å²) in [6, 6.07) is 0.0557. The smallest absolute Gasteiger partial charge is 0.254 e. The Labute approximate surface area is 119 Å². The number of rotatable bonds is 4. The summed E-state index contributed by atoms with van der Waals surface area (Å²) in [5, 5.41) is 10.3. The van der Waals surface area contributed by atoms with Crippen molar-refractivity contribution in [1.29, 1.82) is 0 Å². The minimum atomic E-state index is -1.27. The standard InChI is InChI=1S/C14H24N4O2/c1-4-5-14(2,20)13(19)18-9-8-17(3)11(10-18)12-15-6-7-16-12/h6-7,11,20H,4-5,8-10H2,1-3H3,(H,15,16)/t11-,14+/m1/s1. The summed E-state index contributed by atoms with van der Waals surface area (Å²) in [5.74, 6) is 0.684. The predicted molar refractivity (Wildman–Crippen MR) is 76.1 cm³/mol. The fourth-order valence-electron chi connectivity index (χ4n) is 2.75. The van der Waals surface area contributed by atoms with Crippen molar-refractivity contribution < 1.29 is 9.90 Å². The number of aromatic nitrogens is 2. The van der Waals surface area contributed by atoms with E-state index >= 15 is 0 Å². The molecule has 2 heterocycles. The molecule has 1 aromatic heterocycles. The summed E-state index contributed by atoms with van der Waals surface area (Å²) in [6.45, 7) is 5.56. The van der Waals surface area contributed by atoms with Gasteiger partial charge in [0, 0.05) is 32.0 Å². The second kappa shape index (κ2) is 5.93. The lowest BCUT2D eigenvalue weighted by Gasteiger charge is -2.41. The van der Waals surface area contributed by atoms with Crippen LogP contribution in [0.3, 0.4) is 0 Å². The number of imidazole rings is 1. The molecular formula is C14H24N4O2. The summed E-state index contributed by atoms with van der Waals surface area (Å²) >= 11 is 0. The van der Waals surface area contributed by atoms with Crippen molar-refractivity contribution in [3.05, 3.63) is 18.2 Å². The third kappa shape index (κ3) is 3.02. The third-order valence-electron chi connectivity index (χ3n) is 3.97. The van der Waals surface area contributed by atoms with E-state index in [1.54, 1.807) is 24.2 Å². The highest BCUT2D eigenvalue weighted by Gasteiger charge is 2.37. The van der Waals surface area contributed by atoms with Gasteiger partial charge < -0.3 is 15.0 Å². The summed E-state index contributed by atoms with van der Waals surface area (Å²) in [4.78, 5) is 23.8. The molecule has 0 unspecified atom stereocenters. The van der Waals surface area contributed by atoms with Gasteiger partial charge in [0.25, 0.3) is 5.91 Å². The van der Waals surface area contributed by atoms with Crippen molar-refractivity contribution in [2.24, 2.45) is 0 Å². The molecule has 0 aromatic carbocycles. The van der Waals surface area contributed by atoms with Gasteiger partial charge in [0.1, 0.15) is 11.4 Å². The zero-order valence-corrected chi connectivity index (χ0v) is 12.5. The number of likely N-dealkylation sites (N-methyl/N-ethyl adjacent to an activating group) is 1. The first-order valence-corrected chi connectivity index (χ1v) is 7.17. The van der Waals surface area contributed by atoms with E-state index in [-0.39, 0.29) is 11.9 Å². The molecule has 0 saturated carbocycles. The van der Waals surface area contributed by atoms with Gasteiger partial charge in [-0.25, -0.2) is 4.98 Å². The number of aliphatic hydroxyl groups is 1. The van der Waals surface area contributed by atoms with Crippen LogP contribution in [-0.4, -0.2) is 63.1 Å². The lowest BCUT2D eigenvalue weighted by Crippen LogP contribution is -2.55. The topological polar surface area (TPSA) is 72.5 Å². The van der Waals surface area contributed by atoms with Crippen molar-refractivity contribution in [2.45, 2.75) is 38.3 Å². The molecule has 2 N–H and O–H groups in total. The first kappa shape index (κ1) is 15.0. The number of hydrogen-bond acceptors (Lipinski definition) is 4. The molecule has 0 bridgehead atoms. The van der Waals surface area contributed by atoms with Gasteiger partial charge in [-0.3, -0.25) is 9.69 Å². The molecule has 6 nitrogen and oxygen atoms in total. The molecule has 1 amide bonds. The van der Waals surface area contributed by atoms with Gasteiger partial charge in [-0.2, -0.15) is 0 Å². The van der Waals surface area contributed by atoms with Gasteiger partial charge in [0.15, 0.2) is 0 Å². The Morgan fingerprint density at radius 3 is 2.95 bits per heavy atom. The van der Waals surface area contributed by atoms with Crippen molar-refractivity contribution in [1.82, 2.24) is 19.8 Å². The van der Waals surface area contributed by atoms with Gasteiger partial charge in [-0.15, -0.1) is 0 Å². The average molecular weight is 280 g/mol. The number of nitrogens with one attached hydrogen (secondary N) is 1. The van der Waals surface area contributed by atoms with Crippen molar-refractivity contribution >= 4 is 5.91 Å². The van der Waals surface area contributed by atoms with Crippen LogP contribution in [-0.2, 0) is 4.79 Å². The molecule has 2 atom stereocenters. The number of hydrogen-bond donors (Lipinski definition) is 2. The summed E-state index contributed by atoms with van der Waals surface area (Å²) in [5.41, 5.74) is -1.27. The Bertz CT molecular complexity index is 444. The number of carbonyl (C=O) groups excluding carboxylic acids is 1. The van der Waals surface area contributed by atoms with Crippen LogP contribution in [0.1, 0.15) is 38.6 Å². The van der Waals surface area contributed by atoms with Crippen LogP contribution in [0.15, 0.2) is 12.4 Å². The number of aromatic amines is 1. The fraction of sp³-hybridized carbons (Fsp3) is 0.714. The molecule has 0 spiro atoms. The molecule has 1 aliphatic heterocycles. The Morgan fingerprint density at radius 2 is 2.35 bits per heavy atom. The Kier molecular flexibility index (Phi) is 4.45. The number of nitrogens with zero attached hydrogens (tertiary/aromatic N) is 3. The second-order valence-corrected chi connectivity index (χ2v) is 5.75. The summed E-state index contributed by atoms with van der Waals surface area (Å²) < 4.78 is 0. The number of amides is 1. The van der Waals surface area contributed by atoms with Crippen molar-refractivity contribution in [2.75, 3.05) is 26.7 Å². The highest BCUT2D eigenvalue weighted by Crippen LogP contribution is 2.24. The number of carbonyl (C=O) groups is 1. The maximum absolute atomic E-state index is 12.5. The van der Waals surface area contributed by atoms with Crippen LogP contribution in [0.5, 0.6) is 0 Å². The number of H-pyrrole nitrogens is 1. The summed E-state index contributed by atoms with van der Waals surface area (Å²) in [6.07, 6.45) is 4.78. The largest absolute Gasteiger partial charge is 0.380 e. The third-order valence-corrected chi connectivity index (χ3v) is 3.97. The van der Waals surface area contributed by atoms with Crippen LogP contribution >= 0.6 is 0 Å². The Hall–Kier alpha value is -1.40. The zero-order chi connectivity index (χ0) is 14.8. The van der Waals surface area contributed by atoms with E-state index < -0.39 is 5.60 Å². The lowest BCUT2D eigenvalue weighted by atomic mass is 9.98. The van der Waals surface area contributed by atoms with E-state index in [0.29, 0.717) is 19.5 Å². The lowest BCUT2D eigenvalue weighted by molar-refractivity contribution is -0.153. The van der Waals surface area contributed by atoms with Crippen LogP contribution in [0.25, 0.3) is 0 Å². The van der Waals surface area contributed by atoms with E-state index in [9.17, 15) is 9.90 Å². The monoisotopic (exact) mass is 280 g/mol. The van der Waals surface area contributed by atoms with Crippen LogP contribution in [0, 0.1) is 0 Å². The minimum absolute atomic E-state index is 0.0557. The van der Waals surface area contributed by atoms with Gasteiger partial charge in [0.05, 0.1) is 6.04 Å². The van der Waals surface area contributed by atoms with E-state index in [1.165, 1.54) is 0 Å². The predicted octanol–water partition coefficient (Wildman–Crippen LogP) is 0.776. The molecule has 1 aromatic rings. The molecule has 20 heavy (non-hydrogen) atoms. The van der Waals surface area contributed by atoms with E-state index in [0.717, 1.165) is 18.8 Å². The number of piperazine rings is 1. The first-order chi connectivity index (χ1) is 9.45.